The van der Waals surface area contributed by atoms with Gasteiger partial charge in [0.2, 0.25) is 0 Å². The van der Waals surface area contributed by atoms with Crippen LogP contribution in [0.4, 0.5) is 0 Å². The van der Waals surface area contributed by atoms with Gasteiger partial charge >= 0.3 is 5.97 Å². The molecule has 2 aromatic carbocycles. The van der Waals surface area contributed by atoms with Crippen LogP contribution in [0.1, 0.15) is 5.56 Å². The Kier molecular flexibility index (Phi) is 4.66. The minimum Gasteiger partial charge on any atom is -0.508 e. The molecule has 0 fully saturated rings. The van der Waals surface area contributed by atoms with Gasteiger partial charge in [-0.1, -0.05) is 12.1 Å². The van der Waals surface area contributed by atoms with Crippen LogP contribution in [0.5, 0.6) is 23.0 Å². The zero-order valence-electron chi connectivity index (χ0n) is 11.8. The summed E-state index contributed by atoms with van der Waals surface area (Å²) in [6.45, 7) is 0. The van der Waals surface area contributed by atoms with Gasteiger partial charge in [0, 0.05) is 18.2 Å². The second-order valence-corrected chi connectivity index (χ2v) is 4.37. The molecule has 0 unspecified atom stereocenters. The van der Waals surface area contributed by atoms with Crippen LogP contribution in [0.3, 0.4) is 0 Å². The van der Waals surface area contributed by atoms with Crippen LogP contribution >= 0.6 is 0 Å². The van der Waals surface area contributed by atoms with E-state index in [1.54, 1.807) is 30.3 Å². The van der Waals surface area contributed by atoms with Crippen LogP contribution in [0.2, 0.25) is 0 Å². The predicted molar refractivity (Wildman–Crippen MR) is 77.0 cm³/mol. The fourth-order valence-electron chi connectivity index (χ4n) is 1.79. The molecule has 0 saturated heterocycles. The maximum atomic E-state index is 11.9. The smallest absolute Gasteiger partial charge is 0.315 e. The van der Waals surface area contributed by atoms with Gasteiger partial charge in [-0.2, -0.15) is 0 Å². The van der Waals surface area contributed by atoms with E-state index >= 15 is 0 Å². The van der Waals surface area contributed by atoms with Gasteiger partial charge < -0.3 is 19.3 Å². The van der Waals surface area contributed by atoms with Crippen molar-refractivity contribution in [3.05, 3.63) is 48.0 Å². The normalized spacial score (nSPS) is 10.0. The summed E-state index contributed by atoms with van der Waals surface area (Å²) in [5.41, 5.74) is 0.757. The highest BCUT2D eigenvalue weighted by molar-refractivity contribution is 5.75. The molecule has 0 aromatic heterocycles. The van der Waals surface area contributed by atoms with E-state index in [2.05, 4.69) is 0 Å². The van der Waals surface area contributed by atoms with E-state index < -0.39 is 5.97 Å². The van der Waals surface area contributed by atoms with Crippen molar-refractivity contribution in [2.45, 2.75) is 6.42 Å². The Bertz CT molecular complexity index is 597. The number of esters is 1. The van der Waals surface area contributed by atoms with Crippen LogP contribution in [0.15, 0.2) is 42.5 Å². The van der Waals surface area contributed by atoms with E-state index in [-0.39, 0.29) is 12.2 Å². The van der Waals surface area contributed by atoms with Crippen LogP contribution in [0, 0.1) is 0 Å². The maximum Gasteiger partial charge on any atom is 0.315 e. The average molecular weight is 288 g/mol. The molecule has 21 heavy (non-hydrogen) atoms. The minimum absolute atomic E-state index is 0.111. The predicted octanol–water partition coefficient (Wildman–Crippen LogP) is 2.56. The van der Waals surface area contributed by atoms with Crippen molar-refractivity contribution in [2.24, 2.45) is 0 Å². The zero-order valence-corrected chi connectivity index (χ0v) is 11.8. The Labute approximate surface area is 122 Å². The summed E-state index contributed by atoms with van der Waals surface area (Å²) in [4.78, 5) is 11.9. The first-order valence-electron chi connectivity index (χ1n) is 6.32. The third kappa shape index (κ3) is 4.14. The molecule has 0 bridgehead atoms. The van der Waals surface area contributed by atoms with Crippen LogP contribution in [-0.2, 0) is 11.2 Å². The molecule has 0 aliphatic rings. The average Bonchev–Trinajstić information content (AvgIpc) is 2.49. The number of carbonyl (C=O) groups excluding carboxylic acids is 1. The number of phenolic OH excluding ortho intramolecular Hbond substituents is 1. The van der Waals surface area contributed by atoms with Crippen LogP contribution in [0.25, 0.3) is 0 Å². The van der Waals surface area contributed by atoms with Crippen molar-refractivity contribution in [2.75, 3.05) is 14.2 Å². The molecule has 5 heteroatoms. The van der Waals surface area contributed by atoms with E-state index in [0.29, 0.717) is 17.2 Å². The summed E-state index contributed by atoms with van der Waals surface area (Å²) < 4.78 is 15.5. The van der Waals surface area contributed by atoms with Crippen molar-refractivity contribution < 1.29 is 24.1 Å². The summed E-state index contributed by atoms with van der Waals surface area (Å²) in [5, 5.41) is 9.20. The largest absolute Gasteiger partial charge is 0.508 e. The van der Waals surface area contributed by atoms with E-state index in [9.17, 15) is 9.90 Å². The Balaban J connectivity index is 2.06. The molecule has 0 aliphatic carbocycles. The first kappa shape index (κ1) is 14.7. The van der Waals surface area contributed by atoms with E-state index in [1.165, 1.54) is 26.4 Å². The van der Waals surface area contributed by atoms with Crippen molar-refractivity contribution in [3.63, 3.8) is 0 Å². The van der Waals surface area contributed by atoms with Gasteiger partial charge in [-0.25, -0.2) is 0 Å². The third-order valence-electron chi connectivity index (χ3n) is 2.84. The topological polar surface area (TPSA) is 65.0 Å². The van der Waals surface area contributed by atoms with E-state index in [1.807, 2.05) is 0 Å². The molecular weight excluding hydrogens is 272 g/mol. The summed E-state index contributed by atoms with van der Waals surface area (Å²) in [6, 6.07) is 11.3. The number of ether oxygens (including phenoxy) is 3. The molecule has 5 nitrogen and oxygen atoms in total. The first-order chi connectivity index (χ1) is 10.1. The lowest BCUT2D eigenvalue weighted by atomic mass is 10.1. The van der Waals surface area contributed by atoms with Crippen LogP contribution < -0.4 is 14.2 Å². The maximum absolute atomic E-state index is 11.9. The van der Waals surface area contributed by atoms with Gasteiger partial charge in [0.1, 0.15) is 23.0 Å². The summed E-state index contributed by atoms with van der Waals surface area (Å²) in [5.74, 6) is 1.19. The molecule has 0 saturated carbocycles. The molecule has 1 N–H and O–H groups in total. The lowest BCUT2D eigenvalue weighted by molar-refractivity contribution is -0.133. The highest BCUT2D eigenvalue weighted by Gasteiger charge is 2.09. The van der Waals surface area contributed by atoms with Crippen LogP contribution in [-0.4, -0.2) is 25.3 Å². The number of hydrogen-bond acceptors (Lipinski definition) is 5. The number of aromatic hydroxyl groups is 1. The van der Waals surface area contributed by atoms with Gasteiger partial charge in [0.05, 0.1) is 20.6 Å². The molecule has 2 rings (SSSR count). The van der Waals surface area contributed by atoms with Gasteiger partial charge in [-0.3, -0.25) is 4.79 Å². The number of benzene rings is 2. The molecule has 2 aromatic rings. The zero-order chi connectivity index (χ0) is 15.2. The molecule has 0 heterocycles. The standard InChI is InChI=1S/C16H16O5/c1-19-13-8-14(20-2)10-15(9-13)21-16(18)7-11-3-5-12(17)6-4-11/h3-6,8-10,17H,7H2,1-2H3. The van der Waals surface area contributed by atoms with Gasteiger partial charge in [-0.15, -0.1) is 0 Å². The molecule has 110 valence electrons. The Hall–Kier alpha value is -2.69. The summed E-state index contributed by atoms with van der Waals surface area (Å²) in [7, 11) is 3.05. The number of rotatable bonds is 5. The Morgan fingerprint density at radius 3 is 2.00 bits per heavy atom. The number of carbonyl (C=O) groups is 1. The Morgan fingerprint density at radius 2 is 1.48 bits per heavy atom. The lowest BCUT2D eigenvalue weighted by Gasteiger charge is -2.09. The van der Waals surface area contributed by atoms with E-state index in [4.69, 9.17) is 14.2 Å². The molecule has 0 spiro atoms. The van der Waals surface area contributed by atoms with Crippen molar-refractivity contribution in [1.82, 2.24) is 0 Å². The van der Waals surface area contributed by atoms with Crippen molar-refractivity contribution in [3.8, 4) is 23.0 Å². The van der Waals surface area contributed by atoms with Crippen molar-refractivity contribution >= 4 is 5.97 Å². The number of methoxy groups -OCH3 is 2. The molecule has 0 aliphatic heterocycles. The monoisotopic (exact) mass is 288 g/mol. The number of phenols is 1. The highest BCUT2D eigenvalue weighted by Crippen LogP contribution is 2.27. The highest BCUT2D eigenvalue weighted by atomic mass is 16.5. The fraction of sp³-hybridized carbons (Fsp3) is 0.188. The first-order valence-corrected chi connectivity index (χ1v) is 6.32. The summed E-state index contributed by atoms with van der Waals surface area (Å²) in [6.07, 6.45) is 0.111. The van der Waals surface area contributed by atoms with Gasteiger partial charge in [-0.05, 0) is 17.7 Å². The van der Waals surface area contributed by atoms with Crippen molar-refractivity contribution in [1.29, 1.82) is 0 Å². The van der Waals surface area contributed by atoms with E-state index in [0.717, 1.165) is 5.56 Å². The SMILES string of the molecule is COc1cc(OC)cc(OC(=O)Cc2ccc(O)cc2)c1. The number of hydrogen-bond donors (Lipinski definition) is 1. The van der Waals surface area contributed by atoms with Gasteiger partial charge in [0.25, 0.3) is 0 Å². The third-order valence-corrected chi connectivity index (χ3v) is 2.84. The Morgan fingerprint density at radius 1 is 0.952 bits per heavy atom. The molecule has 0 amide bonds. The fourth-order valence-corrected chi connectivity index (χ4v) is 1.79. The molecule has 0 atom stereocenters. The summed E-state index contributed by atoms with van der Waals surface area (Å²) >= 11 is 0. The second-order valence-electron chi connectivity index (χ2n) is 4.37. The molecule has 0 radical (unpaired) electrons. The quantitative estimate of drug-likeness (QED) is 0.676. The molecular formula is C16H16O5. The lowest BCUT2D eigenvalue weighted by Crippen LogP contribution is -2.11. The second kappa shape index (κ2) is 6.65. The van der Waals surface area contributed by atoms with Gasteiger partial charge in [0.15, 0.2) is 0 Å². The minimum atomic E-state index is -0.406.